The van der Waals surface area contributed by atoms with Crippen LogP contribution in [0.2, 0.25) is 0 Å². The quantitative estimate of drug-likeness (QED) is 0.496. The Hall–Kier alpha value is -0.920. The highest BCUT2D eigenvalue weighted by molar-refractivity contribution is 6.41. The lowest BCUT2D eigenvalue weighted by Gasteiger charge is -2.15. The molecule has 0 saturated carbocycles. The van der Waals surface area contributed by atoms with Gasteiger partial charge in [-0.05, 0) is 25.3 Å². The fraction of sp³-hybridized carbons (Fsp3) is 0.636. The van der Waals surface area contributed by atoms with Crippen molar-refractivity contribution in [1.82, 2.24) is 0 Å². The van der Waals surface area contributed by atoms with Crippen molar-refractivity contribution < 1.29 is 9.59 Å². The number of hydrogen-bond donors (Lipinski definition) is 0. The van der Waals surface area contributed by atoms with E-state index in [0.29, 0.717) is 6.42 Å². The average molecular weight is 182 g/mol. The maximum absolute atomic E-state index is 11.3. The van der Waals surface area contributed by atoms with E-state index < -0.39 is 0 Å². The second kappa shape index (κ2) is 4.35. The molecule has 13 heavy (non-hydrogen) atoms. The Morgan fingerprint density at radius 1 is 1.15 bits per heavy atom. The van der Waals surface area contributed by atoms with Crippen molar-refractivity contribution in [3.8, 4) is 0 Å². The van der Waals surface area contributed by atoms with E-state index in [1.54, 1.807) is 0 Å². The number of allylic oxidation sites excluding steroid dienone is 2. The molecule has 0 aliphatic carbocycles. The van der Waals surface area contributed by atoms with E-state index in [4.69, 9.17) is 0 Å². The van der Waals surface area contributed by atoms with Gasteiger partial charge in [0.25, 0.3) is 0 Å². The molecule has 0 aliphatic heterocycles. The van der Waals surface area contributed by atoms with E-state index in [9.17, 15) is 9.59 Å². The van der Waals surface area contributed by atoms with Crippen LogP contribution in [0, 0.1) is 5.41 Å². The summed E-state index contributed by atoms with van der Waals surface area (Å²) in [6.07, 6.45) is 1.71. The largest absolute Gasteiger partial charge is 0.290 e. The molecule has 0 fully saturated rings. The molecular formula is C11H18O2. The summed E-state index contributed by atoms with van der Waals surface area (Å²) < 4.78 is 0. The van der Waals surface area contributed by atoms with Crippen molar-refractivity contribution in [1.29, 1.82) is 0 Å². The first-order valence-electron chi connectivity index (χ1n) is 4.44. The molecule has 0 aromatic rings. The molecule has 0 spiro atoms. The van der Waals surface area contributed by atoms with Gasteiger partial charge in [0.1, 0.15) is 0 Å². The third-order valence-corrected chi connectivity index (χ3v) is 1.39. The molecule has 2 heteroatoms. The fourth-order valence-corrected chi connectivity index (χ4v) is 0.911. The smallest absolute Gasteiger partial charge is 0.221 e. The molecule has 74 valence electrons. The Labute approximate surface area is 80.0 Å². The van der Waals surface area contributed by atoms with Crippen molar-refractivity contribution in [2.45, 2.75) is 41.0 Å². The van der Waals surface area contributed by atoms with Crippen LogP contribution in [0.5, 0.6) is 0 Å². The zero-order valence-electron chi connectivity index (χ0n) is 9.10. The highest BCUT2D eigenvalue weighted by Crippen LogP contribution is 2.18. The fourth-order valence-electron chi connectivity index (χ4n) is 0.911. The van der Waals surface area contributed by atoms with Crippen LogP contribution in [0.4, 0.5) is 0 Å². The Balaban J connectivity index is 4.30. The van der Waals surface area contributed by atoms with Gasteiger partial charge in [0, 0.05) is 6.42 Å². The number of carbonyl (C=O) groups excluding carboxylic acids is 2. The second-order valence-corrected chi connectivity index (χ2v) is 4.75. The molecule has 0 N–H and O–H groups in total. The van der Waals surface area contributed by atoms with Crippen LogP contribution in [0.25, 0.3) is 0 Å². The van der Waals surface area contributed by atoms with Gasteiger partial charge in [-0.3, -0.25) is 9.59 Å². The number of rotatable bonds is 3. The van der Waals surface area contributed by atoms with Gasteiger partial charge in [-0.25, -0.2) is 0 Å². The third-order valence-electron chi connectivity index (χ3n) is 1.39. The zero-order valence-corrected chi connectivity index (χ0v) is 9.10. The normalized spacial score (nSPS) is 10.8. The van der Waals surface area contributed by atoms with Gasteiger partial charge in [-0.2, -0.15) is 0 Å². The number of ketones is 2. The number of carbonyl (C=O) groups is 2. The Morgan fingerprint density at radius 2 is 1.62 bits per heavy atom. The van der Waals surface area contributed by atoms with Crippen molar-refractivity contribution >= 4 is 11.6 Å². The lowest BCUT2D eigenvalue weighted by Crippen LogP contribution is -2.19. The minimum atomic E-state index is -0.380. The van der Waals surface area contributed by atoms with Crippen LogP contribution >= 0.6 is 0 Å². The minimum absolute atomic E-state index is 0.109. The molecule has 0 saturated heterocycles. The predicted octanol–water partition coefficient (Wildman–Crippen LogP) is 2.53. The summed E-state index contributed by atoms with van der Waals surface area (Å²) in [4.78, 5) is 22.5. The first kappa shape index (κ1) is 12.1. The molecule has 0 unspecified atom stereocenters. The molecule has 0 aromatic carbocycles. The molecule has 0 amide bonds. The summed E-state index contributed by atoms with van der Waals surface area (Å²) in [5.74, 6) is -0.677. The van der Waals surface area contributed by atoms with Gasteiger partial charge >= 0.3 is 0 Å². The molecule has 2 nitrogen and oxygen atoms in total. The van der Waals surface area contributed by atoms with Crippen LogP contribution in [-0.4, -0.2) is 11.6 Å². The molecule has 0 heterocycles. The molecule has 0 radical (unpaired) electrons. The molecule has 0 bridgehead atoms. The lowest BCUT2D eigenvalue weighted by atomic mass is 9.88. The maximum Gasteiger partial charge on any atom is 0.221 e. The van der Waals surface area contributed by atoms with Crippen LogP contribution < -0.4 is 0 Å². The van der Waals surface area contributed by atoms with Gasteiger partial charge < -0.3 is 0 Å². The van der Waals surface area contributed by atoms with Gasteiger partial charge in [0.05, 0.1) is 0 Å². The van der Waals surface area contributed by atoms with E-state index in [1.165, 1.54) is 6.08 Å². The highest BCUT2D eigenvalue weighted by Gasteiger charge is 2.19. The maximum atomic E-state index is 11.3. The summed E-state index contributed by atoms with van der Waals surface area (Å²) >= 11 is 0. The van der Waals surface area contributed by atoms with Crippen molar-refractivity contribution in [3.05, 3.63) is 11.6 Å². The highest BCUT2D eigenvalue weighted by atomic mass is 16.2. The van der Waals surface area contributed by atoms with E-state index >= 15 is 0 Å². The second-order valence-electron chi connectivity index (χ2n) is 4.75. The van der Waals surface area contributed by atoms with E-state index in [0.717, 1.165) is 5.57 Å². The van der Waals surface area contributed by atoms with E-state index in [2.05, 4.69) is 0 Å². The van der Waals surface area contributed by atoms with Gasteiger partial charge in [-0.15, -0.1) is 0 Å². The zero-order chi connectivity index (χ0) is 10.6. The third kappa shape index (κ3) is 6.26. The Kier molecular flexibility index (Phi) is 4.05. The van der Waals surface area contributed by atoms with E-state index in [-0.39, 0.29) is 17.0 Å². The minimum Gasteiger partial charge on any atom is -0.290 e. The van der Waals surface area contributed by atoms with Crippen molar-refractivity contribution in [3.63, 3.8) is 0 Å². The SMILES string of the molecule is CC(C)=CC(=O)C(=O)CC(C)(C)C. The Bertz CT molecular complexity index is 237. The molecule has 0 atom stereocenters. The predicted molar refractivity (Wildman–Crippen MR) is 53.5 cm³/mol. The van der Waals surface area contributed by atoms with Crippen molar-refractivity contribution in [2.75, 3.05) is 0 Å². The summed E-state index contributed by atoms with van der Waals surface area (Å²) in [6.45, 7) is 9.45. The van der Waals surface area contributed by atoms with Crippen LogP contribution in [0.3, 0.4) is 0 Å². The standard InChI is InChI=1S/C11H18O2/c1-8(2)6-9(12)10(13)7-11(3,4)5/h6H,7H2,1-5H3. The monoisotopic (exact) mass is 182 g/mol. The van der Waals surface area contributed by atoms with Crippen LogP contribution in [0.1, 0.15) is 41.0 Å². The lowest BCUT2D eigenvalue weighted by molar-refractivity contribution is -0.135. The van der Waals surface area contributed by atoms with Crippen LogP contribution in [-0.2, 0) is 9.59 Å². The average Bonchev–Trinajstić information content (AvgIpc) is 1.81. The molecule has 0 aliphatic rings. The molecule has 0 aromatic heterocycles. The summed E-state index contributed by atoms with van der Waals surface area (Å²) in [7, 11) is 0. The number of Topliss-reactive ketones (excluding diaryl/α,β-unsaturated/α-hetero) is 1. The first-order chi connectivity index (χ1) is 5.72. The van der Waals surface area contributed by atoms with Gasteiger partial charge in [-0.1, -0.05) is 26.3 Å². The van der Waals surface area contributed by atoms with E-state index in [1.807, 2.05) is 34.6 Å². The summed E-state index contributed by atoms with van der Waals surface area (Å²) in [5.41, 5.74) is 0.759. The molecule has 0 rings (SSSR count). The van der Waals surface area contributed by atoms with Crippen molar-refractivity contribution in [2.24, 2.45) is 5.41 Å². The summed E-state index contributed by atoms with van der Waals surface area (Å²) in [5, 5.41) is 0. The topological polar surface area (TPSA) is 34.1 Å². The first-order valence-corrected chi connectivity index (χ1v) is 4.44. The number of hydrogen-bond acceptors (Lipinski definition) is 2. The van der Waals surface area contributed by atoms with Gasteiger partial charge in [0.15, 0.2) is 0 Å². The Morgan fingerprint density at radius 3 is 1.92 bits per heavy atom. The summed E-state index contributed by atoms with van der Waals surface area (Å²) in [6, 6.07) is 0. The van der Waals surface area contributed by atoms with Gasteiger partial charge in [0.2, 0.25) is 11.6 Å². The molecular weight excluding hydrogens is 164 g/mol. The van der Waals surface area contributed by atoms with Crippen LogP contribution in [0.15, 0.2) is 11.6 Å².